The first-order valence-electron chi connectivity index (χ1n) is 6.01. The van der Waals surface area contributed by atoms with Gasteiger partial charge < -0.3 is 10.4 Å². The van der Waals surface area contributed by atoms with Crippen molar-refractivity contribution in [2.75, 3.05) is 5.32 Å². The second-order valence-corrected chi connectivity index (χ2v) is 4.82. The fourth-order valence-electron chi connectivity index (χ4n) is 2.24. The van der Waals surface area contributed by atoms with Gasteiger partial charge in [0.15, 0.2) is 0 Å². The summed E-state index contributed by atoms with van der Waals surface area (Å²) in [5, 5.41) is 13.5. The summed E-state index contributed by atoms with van der Waals surface area (Å²) in [5.41, 5.74) is 0.843. The lowest BCUT2D eigenvalue weighted by molar-refractivity contribution is -0.139. The normalized spacial score (nSPS) is 23.0. The monoisotopic (exact) mass is 274 g/mol. The van der Waals surface area contributed by atoms with Gasteiger partial charge in [-0.25, -0.2) is 0 Å². The molecule has 2 aliphatic rings. The first-order chi connectivity index (χ1) is 9.47. The minimum absolute atomic E-state index is 0.207. The number of anilines is 1. The lowest BCUT2D eigenvalue weighted by Gasteiger charge is -2.05. The Labute approximate surface area is 113 Å². The molecular weight excluding hydrogens is 264 g/mol. The highest BCUT2D eigenvalue weighted by atomic mass is 16.4. The Balaban J connectivity index is 1.75. The van der Waals surface area contributed by atoms with Crippen molar-refractivity contribution in [2.24, 2.45) is 11.8 Å². The first kappa shape index (κ1) is 12.3. The molecule has 1 fully saturated rings. The molecule has 7 heteroatoms. The topological polar surface area (TPSA) is 113 Å². The average Bonchev–Trinajstić information content (AvgIpc) is 3.14. The zero-order valence-electron chi connectivity index (χ0n) is 10.2. The molecule has 0 bridgehead atoms. The highest BCUT2D eigenvalue weighted by Gasteiger charge is 2.48. The van der Waals surface area contributed by atoms with E-state index in [0.717, 1.165) is 0 Å². The lowest BCUT2D eigenvalue weighted by atomic mass is 10.1. The summed E-state index contributed by atoms with van der Waals surface area (Å²) in [7, 11) is 0. The Hall–Kier alpha value is -2.70. The SMILES string of the molecule is O=C1NC(=O)c2cc(NC(=O)[C@@H]3C[C@@H]3C(=O)O)ccc21. The zero-order valence-corrected chi connectivity index (χ0v) is 10.2. The van der Waals surface area contributed by atoms with E-state index in [1.807, 2.05) is 0 Å². The van der Waals surface area contributed by atoms with E-state index in [4.69, 9.17) is 5.11 Å². The molecule has 102 valence electrons. The van der Waals surface area contributed by atoms with Crippen LogP contribution in [0.25, 0.3) is 0 Å². The quantitative estimate of drug-likeness (QED) is 0.683. The molecule has 3 N–H and O–H groups in total. The Morgan fingerprint density at radius 3 is 2.50 bits per heavy atom. The van der Waals surface area contributed by atoms with Crippen molar-refractivity contribution in [3.05, 3.63) is 29.3 Å². The highest BCUT2D eigenvalue weighted by Crippen LogP contribution is 2.39. The molecule has 7 nitrogen and oxygen atoms in total. The van der Waals surface area contributed by atoms with Gasteiger partial charge in [0.05, 0.1) is 23.0 Å². The van der Waals surface area contributed by atoms with Crippen LogP contribution >= 0.6 is 0 Å². The van der Waals surface area contributed by atoms with Crippen LogP contribution in [-0.4, -0.2) is 28.8 Å². The van der Waals surface area contributed by atoms with Gasteiger partial charge in [0.25, 0.3) is 11.8 Å². The number of hydrogen-bond acceptors (Lipinski definition) is 4. The third-order valence-corrected chi connectivity index (χ3v) is 3.45. The summed E-state index contributed by atoms with van der Waals surface area (Å²) in [4.78, 5) is 45.3. The van der Waals surface area contributed by atoms with Crippen molar-refractivity contribution in [2.45, 2.75) is 6.42 Å². The van der Waals surface area contributed by atoms with Crippen molar-refractivity contribution in [3.63, 3.8) is 0 Å². The van der Waals surface area contributed by atoms with Crippen molar-refractivity contribution in [3.8, 4) is 0 Å². The van der Waals surface area contributed by atoms with E-state index >= 15 is 0 Å². The Morgan fingerprint density at radius 2 is 1.85 bits per heavy atom. The van der Waals surface area contributed by atoms with Gasteiger partial charge in [-0.15, -0.1) is 0 Å². The van der Waals surface area contributed by atoms with Crippen LogP contribution in [0.3, 0.4) is 0 Å². The van der Waals surface area contributed by atoms with Gasteiger partial charge >= 0.3 is 5.97 Å². The van der Waals surface area contributed by atoms with Crippen LogP contribution in [0.2, 0.25) is 0 Å². The number of carboxylic acid groups (broad SMARTS) is 1. The van der Waals surface area contributed by atoms with Gasteiger partial charge in [0.1, 0.15) is 0 Å². The molecule has 1 aliphatic heterocycles. The van der Waals surface area contributed by atoms with E-state index in [-0.39, 0.29) is 17.0 Å². The zero-order chi connectivity index (χ0) is 14.4. The second kappa shape index (κ2) is 4.16. The maximum atomic E-state index is 11.8. The van der Waals surface area contributed by atoms with Crippen molar-refractivity contribution in [1.82, 2.24) is 5.32 Å². The number of aliphatic carboxylic acids is 1. The molecule has 0 spiro atoms. The number of nitrogens with one attached hydrogen (secondary N) is 2. The molecule has 1 aromatic rings. The number of carboxylic acids is 1. The van der Waals surface area contributed by atoms with Crippen LogP contribution in [-0.2, 0) is 9.59 Å². The Kier molecular flexibility index (Phi) is 2.56. The number of benzene rings is 1. The number of amides is 3. The summed E-state index contributed by atoms with van der Waals surface area (Å²) < 4.78 is 0. The highest BCUT2D eigenvalue weighted by molar-refractivity contribution is 6.22. The van der Waals surface area contributed by atoms with Crippen LogP contribution in [0.1, 0.15) is 27.1 Å². The molecule has 3 rings (SSSR count). The van der Waals surface area contributed by atoms with Crippen molar-refractivity contribution >= 4 is 29.4 Å². The number of carbonyl (C=O) groups excluding carboxylic acids is 3. The van der Waals surface area contributed by atoms with Crippen LogP contribution in [0.15, 0.2) is 18.2 Å². The Morgan fingerprint density at radius 1 is 1.15 bits per heavy atom. The van der Waals surface area contributed by atoms with Crippen molar-refractivity contribution < 1.29 is 24.3 Å². The summed E-state index contributed by atoms with van der Waals surface area (Å²) in [6.07, 6.45) is 0.324. The number of hydrogen-bond donors (Lipinski definition) is 3. The van der Waals surface area contributed by atoms with E-state index in [0.29, 0.717) is 12.1 Å². The predicted octanol–water partition coefficient (Wildman–Crippen LogP) is 0.229. The van der Waals surface area contributed by atoms with Crippen molar-refractivity contribution in [1.29, 1.82) is 0 Å². The molecular formula is C13H10N2O5. The molecule has 2 atom stereocenters. The molecule has 20 heavy (non-hydrogen) atoms. The van der Waals surface area contributed by atoms with Gasteiger partial charge in [-0.05, 0) is 24.6 Å². The summed E-state index contributed by atoms with van der Waals surface area (Å²) in [5.74, 6) is -3.50. The molecule has 1 heterocycles. The number of fused-ring (bicyclic) bond motifs is 1. The van der Waals surface area contributed by atoms with E-state index in [1.165, 1.54) is 18.2 Å². The first-order valence-corrected chi connectivity index (χ1v) is 6.01. The van der Waals surface area contributed by atoms with Gasteiger partial charge in [0, 0.05) is 5.69 Å². The number of imide groups is 1. The third-order valence-electron chi connectivity index (χ3n) is 3.45. The van der Waals surface area contributed by atoms with Gasteiger partial charge in [0.2, 0.25) is 5.91 Å². The van der Waals surface area contributed by atoms with Crippen LogP contribution in [0.4, 0.5) is 5.69 Å². The lowest BCUT2D eigenvalue weighted by Crippen LogP contribution is -2.20. The molecule has 1 saturated carbocycles. The minimum Gasteiger partial charge on any atom is -0.481 e. The van der Waals surface area contributed by atoms with Gasteiger partial charge in [-0.2, -0.15) is 0 Å². The largest absolute Gasteiger partial charge is 0.481 e. The summed E-state index contributed by atoms with van der Waals surface area (Å²) in [6.45, 7) is 0. The third kappa shape index (κ3) is 1.93. The maximum absolute atomic E-state index is 11.8. The molecule has 0 aromatic heterocycles. The summed E-state index contributed by atoms with van der Waals surface area (Å²) in [6, 6.07) is 4.37. The fraction of sp³-hybridized carbons (Fsp3) is 0.231. The van der Waals surface area contributed by atoms with E-state index < -0.39 is 29.6 Å². The standard InChI is InChI=1S/C13H10N2O5/c16-10-6-2-1-5(3-7(6)12(18)15-10)14-11(17)8-4-9(8)13(19)20/h1-3,8-9H,4H2,(H,14,17)(H,19,20)(H,15,16,18)/t8-,9+/m1/s1. The van der Waals surface area contributed by atoms with Crippen LogP contribution in [0.5, 0.6) is 0 Å². The Bertz CT molecular complexity index is 667. The number of rotatable bonds is 3. The van der Waals surface area contributed by atoms with Gasteiger partial charge in [-0.3, -0.25) is 24.5 Å². The van der Waals surface area contributed by atoms with E-state index in [2.05, 4.69) is 10.6 Å². The maximum Gasteiger partial charge on any atom is 0.307 e. The van der Waals surface area contributed by atoms with Gasteiger partial charge in [-0.1, -0.05) is 0 Å². The van der Waals surface area contributed by atoms with Crippen LogP contribution < -0.4 is 10.6 Å². The molecule has 0 radical (unpaired) electrons. The smallest absolute Gasteiger partial charge is 0.307 e. The van der Waals surface area contributed by atoms with E-state index in [1.54, 1.807) is 0 Å². The summed E-state index contributed by atoms with van der Waals surface area (Å²) >= 11 is 0. The van der Waals surface area contributed by atoms with E-state index in [9.17, 15) is 19.2 Å². The fourth-order valence-corrected chi connectivity index (χ4v) is 2.24. The molecule has 1 aromatic carbocycles. The number of carbonyl (C=O) groups is 4. The minimum atomic E-state index is -0.982. The average molecular weight is 274 g/mol. The van der Waals surface area contributed by atoms with Crippen LogP contribution in [0, 0.1) is 11.8 Å². The second-order valence-electron chi connectivity index (χ2n) is 4.82. The molecule has 0 saturated heterocycles. The molecule has 0 unspecified atom stereocenters. The molecule has 1 aliphatic carbocycles. The molecule has 3 amide bonds. The predicted molar refractivity (Wildman–Crippen MR) is 66.1 cm³/mol.